The van der Waals surface area contributed by atoms with Gasteiger partial charge in [0.25, 0.3) is 0 Å². The molecule has 0 spiro atoms. The first-order chi connectivity index (χ1) is 14.6. The fraction of sp³-hybridized carbons (Fsp3) is 0.619. The van der Waals surface area contributed by atoms with Crippen molar-refractivity contribution in [2.24, 2.45) is 11.8 Å². The molecule has 3 heterocycles. The molecule has 1 saturated heterocycles. The van der Waals surface area contributed by atoms with Crippen LogP contribution in [0.5, 0.6) is 5.75 Å². The van der Waals surface area contributed by atoms with E-state index in [1.54, 1.807) is 0 Å². The van der Waals surface area contributed by atoms with Gasteiger partial charge in [0, 0.05) is 48.5 Å². The quantitative estimate of drug-likeness (QED) is 0.709. The third-order valence-corrected chi connectivity index (χ3v) is 6.80. The predicted molar refractivity (Wildman–Crippen MR) is 106 cm³/mol. The van der Waals surface area contributed by atoms with E-state index in [1.807, 2.05) is 24.6 Å². The highest BCUT2D eigenvalue weighted by Gasteiger charge is 2.59. The van der Waals surface area contributed by atoms with E-state index >= 15 is 0 Å². The zero-order chi connectivity index (χ0) is 22.1. The molecule has 2 saturated carbocycles. The molecule has 1 unspecified atom stereocenters. The predicted octanol–water partition coefficient (Wildman–Crippen LogP) is 4.15. The molecule has 0 bridgehead atoms. The van der Waals surface area contributed by atoms with Crippen LogP contribution in [-0.4, -0.2) is 51.3 Å². The van der Waals surface area contributed by atoms with Gasteiger partial charge < -0.3 is 10.5 Å². The molecule has 2 aliphatic carbocycles. The average molecular weight is 439 g/mol. The Morgan fingerprint density at radius 3 is 2.42 bits per heavy atom. The van der Waals surface area contributed by atoms with Crippen LogP contribution in [0, 0.1) is 11.8 Å². The lowest BCUT2D eigenvalue weighted by atomic mass is 9.99. The smallest absolute Gasteiger partial charge is 0.402 e. The largest absolute Gasteiger partial charge is 0.573 e. The van der Waals surface area contributed by atoms with Crippen molar-refractivity contribution in [1.29, 1.82) is 0 Å². The maximum Gasteiger partial charge on any atom is 0.573 e. The molecule has 0 aromatic carbocycles. The highest BCUT2D eigenvalue weighted by atomic mass is 19.4. The van der Waals surface area contributed by atoms with E-state index in [1.165, 1.54) is 12.3 Å². The minimum absolute atomic E-state index is 0.108. The second-order valence-electron chi connectivity index (χ2n) is 9.18. The fourth-order valence-electron chi connectivity index (χ4n) is 5.32. The summed E-state index contributed by atoms with van der Waals surface area (Å²) in [6.07, 6.45) is -1.99. The number of fused-ring (bicyclic) bond motifs is 1. The van der Waals surface area contributed by atoms with Crippen LogP contribution in [0.4, 0.5) is 23.4 Å². The van der Waals surface area contributed by atoms with Crippen LogP contribution in [0.15, 0.2) is 18.3 Å². The number of nitrogens with zero attached hydrogens (tertiary/aromatic N) is 4. The summed E-state index contributed by atoms with van der Waals surface area (Å²) in [7, 11) is 0. The number of likely N-dealkylation sites (tertiary alicyclic amines) is 1. The van der Waals surface area contributed by atoms with Gasteiger partial charge in [0.15, 0.2) is 11.6 Å². The highest BCUT2D eigenvalue weighted by Crippen LogP contribution is 2.64. The van der Waals surface area contributed by atoms with Crippen LogP contribution in [0.3, 0.4) is 0 Å². The topological polar surface area (TPSA) is 69.2 Å². The molecule has 2 aromatic rings. The monoisotopic (exact) mass is 439 g/mol. The Kier molecular flexibility index (Phi) is 4.69. The number of anilines is 1. The lowest BCUT2D eigenvalue weighted by molar-refractivity contribution is -0.274. The van der Waals surface area contributed by atoms with Crippen molar-refractivity contribution < 1.29 is 22.3 Å². The Hall–Kier alpha value is -2.36. The Bertz CT molecular complexity index is 973. The van der Waals surface area contributed by atoms with Crippen molar-refractivity contribution in [2.75, 3.05) is 18.8 Å². The molecule has 0 amide bonds. The number of pyridine rings is 1. The summed E-state index contributed by atoms with van der Waals surface area (Å²) >= 11 is 0. The van der Waals surface area contributed by atoms with Crippen molar-refractivity contribution in [3.05, 3.63) is 24.0 Å². The van der Waals surface area contributed by atoms with Gasteiger partial charge in [0.2, 0.25) is 0 Å². The summed E-state index contributed by atoms with van der Waals surface area (Å²) in [5, 5.41) is 4.67. The van der Waals surface area contributed by atoms with Gasteiger partial charge in [-0.3, -0.25) is 9.58 Å². The molecule has 31 heavy (non-hydrogen) atoms. The van der Waals surface area contributed by atoms with Crippen LogP contribution in [0.25, 0.3) is 11.3 Å². The first-order valence-electron chi connectivity index (χ1n) is 10.6. The first-order valence-corrected chi connectivity index (χ1v) is 10.6. The Morgan fingerprint density at radius 1 is 1.16 bits per heavy atom. The Balaban J connectivity index is 1.37. The normalized spacial score (nSPS) is 28.6. The number of aromatic nitrogens is 3. The maximum absolute atomic E-state index is 13.2. The molecule has 4 atom stereocenters. The summed E-state index contributed by atoms with van der Waals surface area (Å²) in [4.78, 5) is 6.10. The molecule has 0 radical (unpaired) electrons. The number of halogens is 4. The van der Waals surface area contributed by atoms with Gasteiger partial charge in [-0.25, -0.2) is 9.37 Å². The molecule has 5 rings (SSSR count). The van der Waals surface area contributed by atoms with Crippen LogP contribution in [0.2, 0.25) is 0 Å². The van der Waals surface area contributed by atoms with Gasteiger partial charge in [-0.15, -0.1) is 13.2 Å². The van der Waals surface area contributed by atoms with E-state index in [0.717, 1.165) is 18.5 Å². The lowest BCUT2D eigenvalue weighted by Gasteiger charge is -2.40. The van der Waals surface area contributed by atoms with Crippen LogP contribution in [0.1, 0.15) is 44.3 Å². The molecule has 168 valence electrons. The second-order valence-corrected chi connectivity index (χ2v) is 9.18. The van der Waals surface area contributed by atoms with E-state index in [9.17, 15) is 17.6 Å². The summed E-state index contributed by atoms with van der Waals surface area (Å²) in [6.45, 7) is 5.16. The second kappa shape index (κ2) is 7.08. The zero-order valence-corrected chi connectivity index (χ0v) is 17.3. The number of ether oxygens (including phenoxy) is 1. The average Bonchev–Trinajstić information content (AvgIpc) is 3.03. The van der Waals surface area contributed by atoms with E-state index < -0.39 is 18.3 Å². The van der Waals surface area contributed by atoms with Gasteiger partial charge in [-0.2, -0.15) is 5.10 Å². The summed E-state index contributed by atoms with van der Waals surface area (Å²) in [5.74, 6) is 0.639. The molecule has 1 aliphatic heterocycles. The summed E-state index contributed by atoms with van der Waals surface area (Å²) in [5.41, 5.74) is 7.62. The van der Waals surface area contributed by atoms with Gasteiger partial charge in [-0.1, -0.05) is 0 Å². The third kappa shape index (κ3) is 3.75. The van der Waals surface area contributed by atoms with Crippen molar-refractivity contribution >= 4 is 5.82 Å². The van der Waals surface area contributed by atoms with Gasteiger partial charge in [-0.05, 0) is 50.7 Å². The number of nitrogens with two attached hydrogens (primary N) is 1. The van der Waals surface area contributed by atoms with E-state index in [4.69, 9.17) is 5.73 Å². The maximum atomic E-state index is 13.2. The van der Waals surface area contributed by atoms with Crippen molar-refractivity contribution in [3.63, 3.8) is 0 Å². The summed E-state index contributed by atoms with van der Waals surface area (Å²) < 4.78 is 57.1. The van der Waals surface area contributed by atoms with Gasteiger partial charge in [0.1, 0.15) is 6.17 Å². The molecule has 10 heteroatoms. The summed E-state index contributed by atoms with van der Waals surface area (Å²) in [6, 6.07) is 3.75. The van der Waals surface area contributed by atoms with Crippen molar-refractivity contribution in [1.82, 2.24) is 19.7 Å². The van der Waals surface area contributed by atoms with Gasteiger partial charge >= 0.3 is 6.36 Å². The SMILES string of the molecule is CC(C)n1nc(-c2cnc(N)c(OC(F)(F)F)c2)cc1[C@H]1[C@@H]2CC(N3CC(F)C3)C[C@@H]21. The van der Waals surface area contributed by atoms with Crippen LogP contribution in [-0.2, 0) is 0 Å². The molecule has 6 nitrogen and oxygen atoms in total. The van der Waals surface area contributed by atoms with Crippen molar-refractivity contribution in [2.45, 2.75) is 57.2 Å². The van der Waals surface area contributed by atoms with E-state index in [2.05, 4.69) is 19.7 Å². The number of nitrogen functional groups attached to an aromatic ring is 1. The minimum atomic E-state index is -4.85. The molecule has 2 N–H and O–H groups in total. The Labute approximate surface area is 177 Å². The Morgan fingerprint density at radius 2 is 1.84 bits per heavy atom. The third-order valence-electron chi connectivity index (χ3n) is 6.80. The van der Waals surface area contributed by atoms with E-state index in [0.29, 0.717) is 48.1 Å². The molecule has 3 aliphatic rings. The zero-order valence-electron chi connectivity index (χ0n) is 17.3. The molecular formula is C21H25F4N5O. The molecule has 2 aromatic heterocycles. The number of rotatable bonds is 5. The van der Waals surface area contributed by atoms with Crippen LogP contribution < -0.4 is 10.5 Å². The van der Waals surface area contributed by atoms with Gasteiger partial charge in [0.05, 0.1) is 5.69 Å². The van der Waals surface area contributed by atoms with Crippen LogP contribution >= 0.6 is 0 Å². The minimum Gasteiger partial charge on any atom is -0.402 e. The lowest BCUT2D eigenvalue weighted by Crippen LogP contribution is -2.53. The number of hydrogen-bond acceptors (Lipinski definition) is 5. The number of alkyl halides is 4. The fourth-order valence-corrected chi connectivity index (χ4v) is 5.32. The first kappa shape index (κ1) is 20.5. The van der Waals surface area contributed by atoms with Crippen molar-refractivity contribution in [3.8, 4) is 17.0 Å². The van der Waals surface area contributed by atoms with E-state index in [-0.39, 0.29) is 11.9 Å². The highest BCUT2D eigenvalue weighted by molar-refractivity contribution is 5.64. The standard InChI is InChI=1S/C21H25F4N5O/c1-10(2)30-17(19-14-4-13(5-15(14)19)29-8-12(22)9-29)6-16(28-30)11-3-18(20(26)27-7-11)31-21(23,24)25/h3,6-7,10,12-15,19H,4-5,8-9H2,1-2H3,(H2,26,27)/t13?,14-,15+,19+. The molecule has 3 fully saturated rings. The number of hydrogen-bond donors (Lipinski definition) is 1. The molecular weight excluding hydrogens is 414 g/mol.